The van der Waals surface area contributed by atoms with Crippen molar-refractivity contribution in [2.45, 2.75) is 31.8 Å². The molecule has 0 unspecified atom stereocenters. The van der Waals surface area contributed by atoms with E-state index in [0.29, 0.717) is 41.1 Å². The van der Waals surface area contributed by atoms with Crippen LogP contribution in [0.2, 0.25) is 0 Å². The van der Waals surface area contributed by atoms with Crippen LogP contribution in [-0.4, -0.2) is 46.9 Å². The number of amides is 1. The van der Waals surface area contributed by atoms with Crippen molar-refractivity contribution >= 4 is 39.0 Å². The molecule has 1 aliphatic heterocycles. The van der Waals surface area contributed by atoms with Gasteiger partial charge in [-0.1, -0.05) is 0 Å². The molecule has 0 aliphatic carbocycles. The van der Waals surface area contributed by atoms with E-state index in [1.54, 1.807) is 0 Å². The summed E-state index contributed by atoms with van der Waals surface area (Å²) in [6.07, 6.45) is 2.43. The summed E-state index contributed by atoms with van der Waals surface area (Å²) in [4.78, 5) is 19.4. The summed E-state index contributed by atoms with van der Waals surface area (Å²) in [5.74, 6) is 0.269. The number of primary amides is 1. The summed E-state index contributed by atoms with van der Waals surface area (Å²) in [7, 11) is 0. The van der Waals surface area contributed by atoms with E-state index in [-0.39, 0.29) is 12.7 Å². The molecular weight excluding hydrogens is 328 g/mol. The van der Waals surface area contributed by atoms with E-state index >= 15 is 0 Å². The van der Waals surface area contributed by atoms with Crippen molar-refractivity contribution < 1.29 is 15.0 Å². The number of aryl methyl sites for hydroxylation is 1. The van der Waals surface area contributed by atoms with Gasteiger partial charge in [0.05, 0.1) is 11.8 Å². The lowest BCUT2D eigenvalue weighted by Gasteiger charge is -2.30. The number of aromatic nitrogens is 1. The Kier molecular flexibility index (Phi) is 4.88. The number of anilines is 2. The van der Waals surface area contributed by atoms with Crippen LogP contribution in [-0.2, 0) is 6.42 Å². The fraction of sp³-hybridized carbons (Fsp3) is 0.500. The lowest BCUT2D eigenvalue weighted by Crippen LogP contribution is -2.36. The van der Waals surface area contributed by atoms with Crippen molar-refractivity contribution in [3.8, 4) is 0 Å². The van der Waals surface area contributed by atoms with Gasteiger partial charge in [0, 0.05) is 25.1 Å². The molecular formula is C16H22N4O3S. The highest BCUT2D eigenvalue weighted by atomic mass is 32.1. The largest absolute Gasteiger partial charge is 0.397 e. The summed E-state index contributed by atoms with van der Waals surface area (Å²) in [6.45, 7) is 1.56. The predicted octanol–water partition coefficient (Wildman–Crippen LogP) is 0.863. The minimum Gasteiger partial charge on any atom is -0.397 e. The first kappa shape index (κ1) is 16.9. The topological polar surface area (TPSA) is 126 Å². The van der Waals surface area contributed by atoms with Crippen molar-refractivity contribution in [2.75, 3.05) is 30.3 Å². The number of aliphatic hydroxyl groups is 2. The van der Waals surface area contributed by atoms with E-state index in [0.717, 1.165) is 29.9 Å². The number of pyridine rings is 1. The second kappa shape index (κ2) is 6.92. The minimum atomic E-state index is -0.550. The number of hydrogen-bond acceptors (Lipinski definition) is 7. The van der Waals surface area contributed by atoms with Crippen molar-refractivity contribution in [1.82, 2.24) is 4.98 Å². The molecule has 1 aliphatic rings. The summed E-state index contributed by atoms with van der Waals surface area (Å²) < 4.78 is 0. The third kappa shape index (κ3) is 3.17. The van der Waals surface area contributed by atoms with Crippen molar-refractivity contribution in [2.24, 2.45) is 5.73 Å². The number of piperidine rings is 1. The van der Waals surface area contributed by atoms with E-state index in [2.05, 4.69) is 9.88 Å². The third-order valence-electron chi connectivity index (χ3n) is 4.38. The van der Waals surface area contributed by atoms with E-state index in [1.165, 1.54) is 11.3 Å². The molecule has 24 heavy (non-hydrogen) atoms. The number of nitrogens with two attached hydrogens (primary N) is 2. The molecule has 8 heteroatoms. The summed E-state index contributed by atoms with van der Waals surface area (Å²) >= 11 is 1.21. The lowest BCUT2D eigenvalue weighted by atomic mass is 10.0. The molecule has 0 radical (unpaired) electrons. The highest BCUT2D eigenvalue weighted by Crippen LogP contribution is 2.37. The predicted molar refractivity (Wildman–Crippen MR) is 95.4 cm³/mol. The van der Waals surface area contributed by atoms with E-state index in [1.807, 2.05) is 6.07 Å². The molecule has 2 aromatic heterocycles. The Morgan fingerprint density at radius 3 is 2.75 bits per heavy atom. The van der Waals surface area contributed by atoms with Gasteiger partial charge in [0.2, 0.25) is 0 Å². The van der Waals surface area contributed by atoms with Crippen LogP contribution >= 0.6 is 11.3 Å². The van der Waals surface area contributed by atoms with E-state index < -0.39 is 5.91 Å². The normalized spacial score (nSPS) is 16.0. The highest BCUT2D eigenvalue weighted by Gasteiger charge is 2.22. The summed E-state index contributed by atoms with van der Waals surface area (Å²) in [6, 6.07) is 1.98. The quantitative estimate of drug-likeness (QED) is 0.634. The lowest BCUT2D eigenvalue weighted by molar-refractivity contribution is 0.100. The molecule has 0 spiro atoms. The number of aliphatic hydroxyl groups excluding tert-OH is 2. The van der Waals surface area contributed by atoms with Gasteiger partial charge in [-0.3, -0.25) is 4.79 Å². The molecule has 6 N–H and O–H groups in total. The Morgan fingerprint density at radius 2 is 2.12 bits per heavy atom. The fourth-order valence-corrected chi connectivity index (χ4v) is 4.08. The smallest absolute Gasteiger partial charge is 0.260 e. The monoisotopic (exact) mass is 350 g/mol. The van der Waals surface area contributed by atoms with Crippen LogP contribution in [0.15, 0.2) is 6.07 Å². The average Bonchev–Trinajstić information content (AvgIpc) is 2.90. The van der Waals surface area contributed by atoms with Gasteiger partial charge in [-0.25, -0.2) is 4.98 Å². The maximum Gasteiger partial charge on any atom is 0.260 e. The van der Waals surface area contributed by atoms with Crippen LogP contribution in [0.1, 0.15) is 34.5 Å². The number of nitrogen functional groups attached to an aromatic ring is 1. The number of nitrogens with zero attached hydrogens (tertiary/aromatic N) is 2. The molecule has 1 saturated heterocycles. The molecule has 0 aromatic carbocycles. The van der Waals surface area contributed by atoms with Gasteiger partial charge >= 0.3 is 0 Å². The molecule has 2 aromatic rings. The van der Waals surface area contributed by atoms with Crippen LogP contribution in [0.25, 0.3) is 10.2 Å². The average molecular weight is 350 g/mol. The number of rotatable bonds is 5. The van der Waals surface area contributed by atoms with Gasteiger partial charge in [0.1, 0.15) is 15.5 Å². The Morgan fingerprint density at radius 1 is 1.42 bits per heavy atom. The van der Waals surface area contributed by atoms with E-state index in [9.17, 15) is 9.90 Å². The zero-order chi connectivity index (χ0) is 17.3. The Bertz CT molecular complexity index is 753. The standard InChI is InChI=1S/C16H22N4O3S/c17-13-12-9(2-1-7-21)8-11(20-5-3-10(22)4-6-20)19-16(12)24-14(13)15(18)23/h8,10,21-22H,1-7,17H2,(H2,18,23). The van der Waals surface area contributed by atoms with Gasteiger partial charge in [-0.05, 0) is 37.3 Å². The first-order valence-corrected chi connectivity index (χ1v) is 8.88. The second-order valence-electron chi connectivity index (χ2n) is 6.07. The maximum atomic E-state index is 11.6. The van der Waals surface area contributed by atoms with Crippen LogP contribution in [0.5, 0.6) is 0 Å². The zero-order valence-corrected chi connectivity index (χ0v) is 14.2. The van der Waals surface area contributed by atoms with Crippen LogP contribution in [0, 0.1) is 0 Å². The molecule has 3 rings (SSSR count). The Labute approximate surface area is 143 Å². The van der Waals surface area contributed by atoms with Gasteiger partial charge in [0.25, 0.3) is 5.91 Å². The summed E-state index contributed by atoms with van der Waals surface area (Å²) in [5, 5.41) is 19.6. The second-order valence-corrected chi connectivity index (χ2v) is 7.07. The van der Waals surface area contributed by atoms with E-state index in [4.69, 9.17) is 16.6 Å². The van der Waals surface area contributed by atoms with Gasteiger partial charge in [-0.2, -0.15) is 0 Å². The SMILES string of the molecule is NC(=O)c1sc2nc(N3CCC(O)CC3)cc(CCCO)c2c1N. The molecule has 1 amide bonds. The van der Waals surface area contributed by atoms with Gasteiger partial charge in [-0.15, -0.1) is 11.3 Å². The molecule has 3 heterocycles. The summed E-state index contributed by atoms with van der Waals surface area (Å²) in [5.41, 5.74) is 12.9. The first-order valence-electron chi connectivity index (χ1n) is 8.06. The Balaban J connectivity index is 2.06. The first-order chi connectivity index (χ1) is 11.5. The fourth-order valence-electron chi connectivity index (χ4n) is 3.09. The number of hydrogen-bond donors (Lipinski definition) is 4. The number of thiophene rings is 1. The van der Waals surface area contributed by atoms with Crippen LogP contribution in [0.4, 0.5) is 11.5 Å². The number of carbonyl (C=O) groups excluding carboxylic acids is 1. The molecule has 0 bridgehead atoms. The van der Waals surface area contributed by atoms with Gasteiger partial charge in [0.15, 0.2) is 0 Å². The molecule has 7 nitrogen and oxygen atoms in total. The minimum absolute atomic E-state index is 0.0851. The third-order valence-corrected chi connectivity index (χ3v) is 5.50. The van der Waals surface area contributed by atoms with Crippen molar-refractivity contribution in [1.29, 1.82) is 0 Å². The number of fused-ring (bicyclic) bond motifs is 1. The van der Waals surface area contributed by atoms with Crippen molar-refractivity contribution in [3.63, 3.8) is 0 Å². The Hall–Kier alpha value is -1.90. The van der Waals surface area contributed by atoms with Crippen LogP contribution in [0.3, 0.4) is 0 Å². The molecule has 1 fully saturated rings. The van der Waals surface area contributed by atoms with Crippen LogP contribution < -0.4 is 16.4 Å². The number of carbonyl (C=O) groups is 1. The maximum absolute atomic E-state index is 11.6. The highest BCUT2D eigenvalue weighted by molar-refractivity contribution is 7.21. The molecule has 0 atom stereocenters. The molecule has 130 valence electrons. The molecule has 0 saturated carbocycles. The van der Waals surface area contributed by atoms with Crippen molar-refractivity contribution in [3.05, 3.63) is 16.5 Å². The van der Waals surface area contributed by atoms with Gasteiger partial charge < -0.3 is 26.6 Å². The zero-order valence-electron chi connectivity index (χ0n) is 13.4.